The topological polar surface area (TPSA) is 116 Å². The highest BCUT2D eigenvalue weighted by atomic mass is 32.2. The van der Waals surface area contributed by atoms with Gasteiger partial charge in [0, 0.05) is 12.6 Å². The first-order chi connectivity index (χ1) is 6.35. The first-order valence-electron chi connectivity index (χ1n) is 4.06. The van der Waals surface area contributed by atoms with E-state index in [0.29, 0.717) is 12.8 Å². The molecule has 0 aliphatic carbocycles. The average Bonchev–Trinajstić information content (AvgIpc) is 1.99. The third-order valence-electron chi connectivity index (χ3n) is 1.58. The SMILES string of the molecule is CCC(CCNC(=O)O)NS(=O)(=O)O. The first kappa shape index (κ1) is 13.1. The van der Waals surface area contributed by atoms with Crippen LogP contribution in [0.3, 0.4) is 0 Å². The molecule has 84 valence electrons. The van der Waals surface area contributed by atoms with Crippen molar-refractivity contribution in [2.75, 3.05) is 6.54 Å². The summed E-state index contributed by atoms with van der Waals surface area (Å²) < 4.78 is 31.2. The molecule has 4 N–H and O–H groups in total. The zero-order chi connectivity index (χ0) is 11.2. The molecule has 0 radical (unpaired) electrons. The Labute approximate surface area is 82.4 Å². The van der Waals surface area contributed by atoms with Gasteiger partial charge in [-0.25, -0.2) is 4.79 Å². The summed E-state index contributed by atoms with van der Waals surface area (Å²) in [5.41, 5.74) is 0. The summed E-state index contributed by atoms with van der Waals surface area (Å²) in [4.78, 5) is 10.1. The molecule has 14 heavy (non-hydrogen) atoms. The maximum atomic E-state index is 10.4. The van der Waals surface area contributed by atoms with E-state index < -0.39 is 22.4 Å². The third-order valence-corrected chi connectivity index (χ3v) is 2.21. The van der Waals surface area contributed by atoms with E-state index in [1.807, 2.05) is 4.72 Å². The van der Waals surface area contributed by atoms with Gasteiger partial charge >= 0.3 is 16.4 Å². The van der Waals surface area contributed by atoms with Gasteiger partial charge in [-0.3, -0.25) is 4.55 Å². The van der Waals surface area contributed by atoms with E-state index >= 15 is 0 Å². The van der Waals surface area contributed by atoms with Gasteiger partial charge in [0.05, 0.1) is 0 Å². The summed E-state index contributed by atoms with van der Waals surface area (Å²) in [5, 5.41) is 10.3. The summed E-state index contributed by atoms with van der Waals surface area (Å²) in [6, 6.07) is -0.461. The second kappa shape index (κ2) is 5.78. The molecule has 0 heterocycles. The van der Waals surface area contributed by atoms with Crippen LogP contribution in [0.5, 0.6) is 0 Å². The van der Waals surface area contributed by atoms with Crippen LogP contribution >= 0.6 is 0 Å². The zero-order valence-corrected chi connectivity index (χ0v) is 8.54. The molecule has 0 rings (SSSR count). The second-order valence-electron chi connectivity index (χ2n) is 2.72. The van der Waals surface area contributed by atoms with Crippen molar-refractivity contribution in [3.63, 3.8) is 0 Å². The lowest BCUT2D eigenvalue weighted by Gasteiger charge is -2.13. The lowest BCUT2D eigenvalue weighted by Crippen LogP contribution is -2.36. The summed E-state index contributed by atoms with van der Waals surface area (Å²) in [5.74, 6) is 0. The maximum absolute atomic E-state index is 10.4. The fourth-order valence-electron chi connectivity index (χ4n) is 0.910. The van der Waals surface area contributed by atoms with Crippen LogP contribution in [0, 0.1) is 0 Å². The van der Waals surface area contributed by atoms with E-state index in [1.165, 1.54) is 0 Å². The Morgan fingerprint density at radius 1 is 1.50 bits per heavy atom. The van der Waals surface area contributed by atoms with Gasteiger partial charge < -0.3 is 10.4 Å². The van der Waals surface area contributed by atoms with Crippen LogP contribution in [-0.4, -0.2) is 36.8 Å². The molecule has 0 fully saturated rings. The van der Waals surface area contributed by atoms with Crippen molar-refractivity contribution in [3.8, 4) is 0 Å². The van der Waals surface area contributed by atoms with E-state index in [0.717, 1.165) is 0 Å². The molecule has 0 aromatic carbocycles. The van der Waals surface area contributed by atoms with Crippen LogP contribution in [0.1, 0.15) is 19.8 Å². The number of amides is 1. The predicted octanol–water partition coefficient (Wildman–Crippen LogP) is -0.185. The van der Waals surface area contributed by atoms with Gasteiger partial charge in [0.2, 0.25) is 0 Å². The molecule has 1 amide bonds. The molecule has 0 saturated carbocycles. The van der Waals surface area contributed by atoms with E-state index in [4.69, 9.17) is 9.66 Å². The minimum Gasteiger partial charge on any atom is -0.465 e. The fraction of sp³-hybridized carbons (Fsp3) is 0.833. The highest BCUT2D eigenvalue weighted by Crippen LogP contribution is 1.97. The summed E-state index contributed by atoms with van der Waals surface area (Å²) in [7, 11) is -4.21. The number of rotatable bonds is 6. The Kier molecular flexibility index (Phi) is 5.43. The van der Waals surface area contributed by atoms with E-state index in [-0.39, 0.29) is 6.54 Å². The van der Waals surface area contributed by atoms with Crippen molar-refractivity contribution in [1.82, 2.24) is 10.0 Å². The van der Waals surface area contributed by atoms with Crippen molar-refractivity contribution in [1.29, 1.82) is 0 Å². The van der Waals surface area contributed by atoms with Crippen molar-refractivity contribution in [3.05, 3.63) is 0 Å². The number of hydrogen-bond acceptors (Lipinski definition) is 3. The van der Waals surface area contributed by atoms with E-state index in [2.05, 4.69) is 5.32 Å². The van der Waals surface area contributed by atoms with Crippen molar-refractivity contribution in [2.45, 2.75) is 25.8 Å². The van der Waals surface area contributed by atoms with E-state index in [1.54, 1.807) is 6.92 Å². The molecule has 0 bridgehead atoms. The van der Waals surface area contributed by atoms with Crippen LogP contribution in [0.2, 0.25) is 0 Å². The average molecular weight is 226 g/mol. The van der Waals surface area contributed by atoms with Crippen molar-refractivity contribution >= 4 is 16.4 Å². The van der Waals surface area contributed by atoms with E-state index in [9.17, 15) is 13.2 Å². The minimum absolute atomic E-state index is 0.135. The van der Waals surface area contributed by atoms with Crippen molar-refractivity contribution < 1.29 is 22.9 Å². The molecule has 0 spiro atoms. The molecule has 7 nitrogen and oxygen atoms in total. The van der Waals surface area contributed by atoms with Crippen LogP contribution in [0.25, 0.3) is 0 Å². The quantitative estimate of drug-likeness (QED) is 0.469. The lowest BCUT2D eigenvalue weighted by atomic mass is 10.2. The maximum Gasteiger partial charge on any atom is 0.404 e. The minimum atomic E-state index is -4.21. The highest BCUT2D eigenvalue weighted by molar-refractivity contribution is 7.83. The summed E-state index contributed by atoms with van der Waals surface area (Å²) >= 11 is 0. The fourth-order valence-corrected chi connectivity index (χ4v) is 1.62. The Morgan fingerprint density at radius 3 is 2.43 bits per heavy atom. The Balaban J connectivity index is 3.86. The van der Waals surface area contributed by atoms with Crippen LogP contribution in [0.4, 0.5) is 4.79 Å². The van der Waals surface area contributed by atoms with Crippen LogP contribution < -0.4 is 10.0 Å². The summed E-state index contributed by atoms with van der Waals surface area (Å²) in [6.45, 7) is 1.86. The number of hydrogen-bond donors (Lipinski definition) is 4. The number of carbonyl (C=O) groups is 1. The lowest BCUT2D eigenvalue weighted by molar-refractivity contribution is 0.194. The van der Waals surface area contributed by atoms with Crippen LogP contribution in [0.15, 0.2) is 0 Å². The van der Waals surface area contributed by atoms with Gasteiger partial charge in [-0.1, -0.05) is 6.92 Å². The number of carboxylic acid groups (broad SMARTS) is 1. The molecular weight excluding hydrogens is 212 g/mol. The van der Waals surface area contributed by atoms with Gasteiger partial charge in [-0.15, -0.1) is 0 Å². The molecule has 0 aromatic rings. The van der Waals surface area contributed by atoms with Gasteiger partial charge in [-0.2, -0.15) is 13.1 Å². The molecule has 8 heteroatoms. The molecule has 0 aromatic heterocycles. The molecular formula is C6H14N2O5S. The molecule has 1 unspecified atom stereocenters. The molecule has 1 atom stereocenters. The van der Waals surface area contributed by atoms with Gasteiger partial charge in [0.15, 0.2) is 0 Å². The monoisotopic (exact) mass is 226 g/mol. The largest absolute Gasteiger partial charge is 0.465 e. The highest BCUT2D eigenvalue weighted by Gasteiger charge is 2.12. The van der Waals surface area contributed by atoms with Crippen LogP contribution in [-0.2, 0) is 10.3 Å². The predicted molar refractivity (Wildman–Crippen MR) is 49.4 cm³/mol. The second-order valence-corrected chi connectivity index (χ2v) is 3.90. The van der Waals surface area contributed by atoms with Gasteiger partial charge in [0.1, 0.15) is 0 Å². The normalized spacial score (nSPS) is 13.6. The Bertz CT molecular complexity index is 276. The standard InChI is InChI=1S/C6H14N2O5S/c1-2-5(8-14(11,12)13)3-4-7-6(9)10/h5,7-8H,2-4H2,1H3,(H,9,10)(H,11,12,13). The Hall–Kier alpha value is -0.860. The molecule has 0 aliphatic rings. The third kappa shape index (κ3) is 7.77. The Morgan fingerprint density at radius 2 is 2.07 bits per heavy atom. The smallest absolute Gasteiger partial charge is 0.404 e. The zero-order valence-electron chi connectivity index (χ0n) is 7.73. The molecule has 0 aliphatic heterocycles. The van der Waals surface area contributed by atoms with Gasteiger partial charge in [-0.05, 0) is 12.8 Å². The van der Waals surface area contributed by atoms with Crippen molar-refractivity contribution in [2.24, 2.45) is 0 Å². The molecule has 0 saturated heterocycles. The number of nitrogens with one attached hydrogen (secondary N) is 2. The summed E-state index contributed by atoms with van der Waals surface area (Å²) in [6.07, 6.45) is -0.393. The first-order valence-corrected chi connectivity index (χ1v) is 5.50. The van der Waals surface area contributed by atoms with Gasteiger partial charge in [0.25, 0.3) is 0 Å².